The minimum Gasteiger partial charge on any atom is -0.368 e. The molecule has 0 radical (unpaired) electrons. The Morgan fingerprint density at radius 3 is 3.20 bits per heavy atom. The van der Waals surface area contributed by atoms with Crippen LogP contribution in [0.4, 0.5) is 0 Å². The summed E-state index contributed by atoms with van der Waals surface area (Å²) in [5, 5.41) is 3.56. The van der Waals surface area contributed by atoms with Crippen molar-refractivity contribution in [3.8, 4) is 0 Å². The second-order valence-electron chi connectivity index (χ2n) is 5.42. The van der Waals surface area contributed by atoms with Crippen LogP contribution in [0.1, 0.15) is 55.4 Å². The van der Waals surface area contributed by atoms with Crippen LogP contribution in [0.3, 0.4) is 0 Å². The van der Waals surface area contributed by atoms with Gasteiger partial charge in [-0.15, -0.1) is 0 Å². The molecule has 5 heteroatoms. The molecule has 2 heterocycles. The molecule has 1 fully saturated rings. The third-order valence-corrected chi connectivity index (χ3v) is 5.00. The van der Waals surface area contributed by atoms with Crippen LogP contribution in [0.5, 0.6) is 0 Å². The first-order valence-electron chi connectivity index (χ1n) is 7.67. The van der Waals surface area contributed by atoms with E-state index in [1.165, 1.54) is 30.5 Å². The van der Waals surface area contributed by atoms with Gasteiger partial charge in [-0.2, -0.15) is 11.8 Å². The molecule has 1 N–H and O–H groups in total. The predicted molar refractivity (Wildman–Crippen MR) is 82.0 cm³/mol. The number of aromatic nitrogens is 2. The number of hydrogen-bond donors (Lipinski definition) is 1. The van der Waals surface area contributed by atoms with Gasteiger partial charge >= 0.3 is 0 Å². The van der Waals surface area contributed by atoms with Crippen LogP contribution in [0.25, 0.3) is 0 Å². The van der Waals surface area contributed by atoms with Gasteiger partial charge in [-0.3, -0.25) is 0 Å². The smallest absolute Gasteiger partial charge is 0.158 e. The van der Waals surface area contributed by atoms with E-state index in [9.17, 15) is 0 Å². The zero-order chi connectivity index (χ0) is 13.8. The Morgan fingerprint density at radius 2 is 2.40 bits per heavy atom. The van der Waals surface area contributed by atoms with E-state index in [0.717, 1.165) is 36.9 Å². The lowest BCUT2D eigenvalue weighted by molar-refractivity contribution is 0.0692. The predicted octanol–water partition coefficient (Wildman–Crippen LogP) is 2.66. The van der Waals surface area contributed by atoms with Gasteiger partial charge in [0.05, 0.1) is 6.61 Å². The lowest BCUT2D eigenvalue weighted by atomic mass is 10.0. The fraction of sp³-hybridized carbons (Fsp3) is 0.733. The van der Waals surface area contributed by atoms with Gasteiger partial charge in [-0.05, 0) is 25.8 Å². The van der Waals surface area contributed by atoms with E-state index < -0.39 is 0 Å². The number of thioether (sulfide) groups is 1. The fourth-order valence-corrected chi connectivity index (χ4v) is 3.82. The normalized spacial score (nSPS) is 26.9. The maximum Gasteiger partial charge on any atom is 0.158 e. The minimum atomic E-state index is 0.0832. The van der Waals surface area contributed by atoms with Crippen molar-refractivity contribution < 1.29 is 4.74 Å². The molecule has 2 aliphatic rings. The third-order valence-electron chi connectivity index (χ3n) is 4.00. The highest BCUT2D eigenvalue weighted by Gasteiger charge is 2.24. The number of fused-ring (bicyclic) bond motifs is 1. The van der Waals surface area contributed by atoms with Gasteiger partial charge < -0.3 is 10.1 Å². The summed E-state index contributed by atoms with van der Waals surface area (Å²) in [7, 11) is 0. The molecular weight excluding hydrogens is 270 g/mol. The summed E-state index contributed by atoms with van der Waals surface area (Å²) < 4.78 is 5.80. The molecular formula is C15H23N3OS. The number of nitrogens with zero attached hydrogens (tertiary/aromatic N) is 2. The summed E-state index contributed by atoms with van der Waals surface area (Å²) in [6.45, 7) is 3.97. The standard InChI is InChI=1S/C15H23N3OS/c1-2-16-12-5-3-4-6-13-11(12)9-17-15(18-13)14-10-20-8-7-19-14/h9,12,14,16H,2-8,10H2,1H3. The van der Waals surface area contributed by atoms with Crippen molar-refractivity contribution in [2.75, 3.05) is 24.7 Å². The zero-order valence-corrected chi connectivity index (χ0v) is 12.9. The Bertz CT molecular complexity index is 449. The second-order valence-corrected chi connectivity index (χ2v) is 6.57. The first-order chi connectivity index (χ1) is 9.88. The highest BCUT2D eigenvalue weighted by molar-refractivity contribution is 7.99. The zero-order valence-electron chi connectivity index (χ0n) is 12.1. The Balaban J connectivity index is 1.84. The van der Waals surface area contributed by atoms with Crippen LogP contribution >= 0.6 is 11.8 Å². The van der Waals surface area contributed by atoms with Crippen molar-refractivity contribution in [3.63, 3.8) is 0 Å². The average molecular weight is 293 g/mol. The molecule has 110 valence electrons. The van der Waals surface area contributed by atoms with Crippen LogP contribution in [-0.4, -0.2) is 34.6 Å². The van der Waals surface area contributed by atoms with Crippen molar-refractivity contribution in [2.45, 2.75) is 44.8 Å². The largest absolute Gasteiger partial charge is 0.368 e. The number of rotatable bonds is 3. The number of aryl methyl sites for hydroxylation is 1. The quantitative estimate of drug-likeness (QED) is 0.868. The molecule has 1 aromatic heterocycles. The van der Waals surface area contributed by atoms with E-state index in [4.69, 9.17) is 9.72 Å². The summed E-state index contributed by atoms with van der Waals surface area (Å²) in [5.74, 6) is 2.95. The summed E-state index contributed by atoms with van der Waals surface area (Å²) in [6.07, 6.45) is 6.88. The molecule has 0 aromatic carbocycles. The molecule has 4 nitrogen and oxygen atoms in total. The first kappa shape index (κ1) is 14.3. The van der Waals surface area contributed by atoms with E-state index in [0.29, 0.717) is 6.04 Å². The highest BCUT2D eigenvalue weighted by atomic mass is 32.2. The first-order valence-corrected chi connectivity index (χ1v) is 8.82. The summed E-state index contributed by atoms with van der Waals surface area (Å²) in [4.78, 5) is 9.44. The van der Waals surface area contributed by atoms with Crippen molar-refractivity contribution in [1.82, 2.24) is 15.3 Å². The molecule has 2 unspecified atom stereocenters. The third kappa shape index (κ3) is 3.15. The second kappa shape index (κ2) is 6.87. The minimum absolute atomic E-state index is 0.0832. The van der Waals surface area contributed by atoms with Gasteiger partial charge in [-0.25, -0.2) is 9.97 Å². The number of hydrogen-bond acceptors (Lipinski definition) is 5. The van der Waals surface area contributed by atoms with Crippen molar-refractivity contribution in [3.05, 3.63) is 23.3 Å². The lowest BCUT2D eigenvalue weighted by Crippen LogP contribution is -2.23. The summed E-state index contributed by atoms with van der Waals surface area (Å²) >= 11 is 1.93. The van der Waals surface area contributed by atoms with Gasteiger partial charge in [0, 0.05) is 35.0 Å². The van der Waals surface area contributed by atoms with Crippen molar-refractivity contribution in [2.24, 2.45) is 0 Å². The van der Waals surface area contributed by atoms with E-state index in [2.05, 4.69) is 17.2 Å². The molecule has 1 aliphatic carbocycles. The van der Waals surface area contributed by atoms with Crippen LogP contribution in [0.2, 0.25) is 0 Å². The Hall–Kier alpha value is -0.650. The SMILES string of the molecule is CCNC1CCCCc2nc(C3CSCCO3)ncc21. The molecule has 2 atom stereocenters. The van der Waals surface area contributed by atoms with Gasteiger partial charge in [0.2, 0.25) is 0 Å². The fourth-order valence-electron chi connectivity index (χ4n) is 2.98. The summed E-state index contributed by atoms with van der Waals surface area (Å²) in [5.41, 5.74) is 2.54. The maximum atomic E-state index is 5.80. The molecule has 1 saturated heterocycles. The number of nitrogens with one attached hydrogen (secondary N) is 1. The Kier molecular flexibility index (Phi) is 4.91. The van der Waals surface area contributed by atoms with Crippen LogP contribution in [0.15, 0.2) is 6.20 Å². The van der Waals surface area contributed by atoms with Crippen molar-refractivity contribution >= 4 is 11.8 Å². The summed E-state index contributed by atoms with van der Waals surface area (Å²) in [6, 6.07) is 0.424. The molecule has 20 heavy (non-hydrogen) atoms. The molecule has 0 bridgehead atoms. The van der Waals surface area contributed by atoms with E-state index in [-0.39, 0.29) is 6.10 Å². The van der Waals surface area contributed by atoms with Crippen LogP contribution in [-0.2, 0) is 11.2 Å². The molecule has 1 aromatic rings. The Morgan fingerprint density at radius 1 is 1.45 bits per heavy atom. The van der Waals surface area contributed by atoms with Crippen molar-refractivity contribution in [1.29, 1.82) is 0 Å². The molecule has 1 aliphatic heterocycles. The Labute approximate surface area is 125 Å². The number of ether oxygens (including phenoxy) is 1. The van der Waals surface area contributed by atoms with Crippen LogP contribution < -0.4 is 5.32 Å². The van der Waals surface area contributed by atoms with E-state index >= 15 is 0 Å². The van der Waals surface area contributed by atoms with E-state index in [1.807, 2.05) is 18.0 Å². The molecule has 3 rings (SSSR count). The van der Waals surface area contributed by atoms with Gasteiger partial charge in [0.1, 0.15) is 6.10 Å². The highest BCUT2D eigenvalue weighted by Crippen LogP contribution is 2.29. The van der Waals surface area contributed by atoms with Gasteiger partial charge in [0.15, 0.2) is 5.82 Å². The molecule has 0 spiro atoms. The van der Waals surface area contributed by atoms with Crippen LogP contribution in [0, 0.1) is 0 Å². The van der Waals surface area contributed by atoms with Gasteiger partial charge in [-0.1, -0.05) is 13.3 Å². The van der Waals surface area contributed by atoms with E-state index in [1.54, 1.807) is 0 Å². The molecule has 0 saturated carbocycles. The average Bonchev–Trinajstić information content (AvgIpc) is 2.71. The topological polar surface area (TPSA) is 47.0 Å². The lowest BCUT2D eigenvalue weighted by Gasteiger charge is -2.23. The monoisotopic (exact) mass is 293 g/mol. The van der Waals surface area contributed by atoms with Gasteiger partial charge in [0.25, 0.3) is 0 Å². The maximum absolute atomic E-state index is 5.80. The molecule has 0 amide bonds.